The van der Waals surface area contributed by atoms with Crippen LogP contribution in [0.3, 0.4) is 0 Å². The van der Waals surface area contributed by atoms with E-state index in [4.69, 9.17) is 0 Å². The lowest BCUT2D eigenvalue weighted by atomic mass is 9.94. The van der Waals surface area contributed by atoms with Crippen molar-refractivity contribution in [2.24, 2.45) is 5.41 Å². The fourth-order valence-electron chi connectivity index (χ4n) is 2.35. The maximum absolute atomic E-state index is 12.3. The molecule has 0 spiro atoms. The van der Waals surface area contributed by atoms with Crippen LogP contribution in [-0.2, 0) is 4.79 Å². The van der Waals surface area contributed by atoms with Crippen LogP contribution in [0.5, 0.6) is 5.75 Å². The first-order chi connectivity index (χ1) is 12.2. The van der Waals surface area contributed by atoms with Crippen LogP contribution in [0, 0.1) is 23.7 Å². The molecule has 0 radical (unpaired) electrons. The number of nitriles is 1. The molecule has 0 aromatic heterocycles. The summed E-state index contributed by atoms with van der Waals surface area (Å²) in [5.41, 5.74) is 2.10. The lowest BCUT2D eigenvalue weighted by Crippen LogP contribution is -2.28. The molecule has 1 amide bonds. The minimum atomic E-state index is -0.647. The molecule has 26 heavy (non-hydrogen) atoms. The van der Waals surface area contributed by atoms with E-state index in [1.807, 2.05) is 42.5 Å². The number of hydrogen-bond donors (Lipinski definition) is 2. The van der Waals surface area contributed by atoms with Crippen molar-refractivity contribution in [1.29, 1.82) is 5.26 Å². The highest BCUT2D eigenvalue weighted by atomic mass is 79.9. The molecule has 0 aliphatic carbocycles. The van der Waals surface area contributed by atoms with Crippen LogP contribution in [0.1, 0.15) is 43.0 Å². The molecule has 2 rings (SSSR count). The first-order valence-electron chi connectivity index (χ1n) is 8.16. The first-order valence-corrected chi connectivity index (χ1v) is 8.95. The molecule has 0 unspecified atom stereocenters. The van der Waals surface area contributed by atoms with E-state index in [1.54, 1.807) is 27.7 Å². The van der Waals surface area contributed by atoms with Gasteiger partial charge < -0.3 is 10.4 Å². The highest BCUT2D eigenvalue weighted by Gasteiger charge is 2.26. The van der Waals surface area contributed by atoms with E-state index in [0.717, 1.165) is 5.56 Å². The molecule has 0 heterocycles. The topological polar surface area (TPSA) is 73.1 Å². The molecule has 0 saturated carbocycles. The lowest BCUT2D eigenvalue weighted by molar-refractivity contribution is -0.123. The number of carbonyl (C=O) groups is 1. The third-order valence-electron chi connectivity index (χ3n) is 3.98. The van der Waals surface area contributed by atoms with Crippen LogP contribution in [0.15, 0.2) is 34.8 Å². The number of anilines is 1. The standard InChI is InChI=1S/C21H21BrN2O2/c1-13-15(11-10-14-8-6-5-7-9-14)17(22)19(25)18(16(13)12-23)24-20(26)21(2,3)4/h5-11,25H,1-4H3,(H,24,26)/b11-10+. The maximum atomic E-state index is 12.3. The molecule has 0 fully saturated rings. The summed E-state index contributed by atoms with van der Waals surface area (Å²) in [5, 5.41) is 22.9. The molecule has 0 saturated heterocycles. The normalized spacial score (nSPS) is 11.4. The molecule has 2 N–H and O–H groups in total. The average Bonchev–Trinajstić information content (AvgIpc) is 2.59. The maximum Gasteiger partial charge on any atom is 0.229 e. The van der Waals surface area contributed by atoms with Gasteiger partial charge in [0.05, 0.1) is 10.0 Å². The number of nitrogens with one attached hydrogen (secondary N) is 1. The minimum absolute atomic E-state index is 0.133. The largest absolute Gasteiger partial charge is 0.505 e. The van der Waals surface area contributed by atoms with Gasteiger partial charge in [0.15, 0.2) is 5.75 Å². The third-order valence-corrected chi connectivity index (χ3v) is 4.79. The van der Waals surface area contributed by atoms with Crippen LogP contribution in [0.4, 0.5) is 5.69 Å². The van der Waals surface area contributed by atoms with Gasteiger partial charge in [-0.05, 0) is 39.5 Å². The van der Waals surface area contributed by atoms with Gasteiger partial charge in [0.25, 0.3) is 0 Å². The Morgan fingerprint density at radius 2 is 1.85 bits per heavy atom. The Kier molecular flexibility index (Phi) is 5.89. The molecular formula is C21H21BrN2O2. The van der Waals surface area contributed by atoms with Crippen LogP contribution >= 0.6 is 15.9 Å². The van der Waals surface area contributed by atoms with Crippen LogP contribution in [0.2, 0.25) is 0 Å². The Balaban J connectivity index is 2.54. The minimum Gasteiger partial charge on any atom is -0.505 e. The summed E-state index contributed by atoms with van der Waals surface area (Å²) in [6.07, 6.45) is 3.74. The van der Waals surface area contributed by atoms with Crippen LogP contribution in [0.25, 0.3) is 12.2 Å². The fourth-order valence-corrected chi connectivity index (χ4v) is 2.97. The van der Waals surface area contributed by atoms with Crippen molar-refractivity contribution in [2.45, 2.75) is 27.7 Å². The number of hydrogen-bond acceptors (Lipinski definition) is 3. The molecule has 0 aliphatic rings. The monoisotopic (exact) mass is 412 g/mol. The number of amides is 1. The third kappa shape index (κ3) is 4.14. The zero-order chi connectivity index (χ0) is 19.5. The molecule has 5 heteroatoms. The average molecular weight is 413 g/mol. The molecule has 134 valence electrons. The summed E-state index contributed by atoms with van der Waals surface area (Å²) in [5.74, 6) is -0.430. The van der Waals surface area contributed by atoms with Gasteiger partial charge in [-0.2, -0.15) is 5.26 Å². The highest BCUT2D eigenvalue weighted by Crippen LogP contribution is 2.42. The van der Waals surface area contributed by atoms with Gasteiger partial charge in [-0.15, -0.1) is 0 Å². The molecule has 0 bridgehead atoms. The second-order valence-corrected chi connectivity index (χ2v) is 7.80. The summed E-state index contributed by atoms with van der Waals surface area (Å²) in [6, 6.07) is 11.8. The lowest BCUT2D eigenvalue weighted by Gasteiger charge is -2.21. The molecule has 2 aromatic carbocycles. The van der Waals surface area contributed by atoms with E-state index < -0.39 is 5.41 Å². The van der Waals surface area contributed by atoms with E-state index >= 15 is 0 Å². The van der Waals surface area contributed by atoms with Gasteiger partial charge >= 0.3 is 0 Å². The number of phenolic OH excluding ortho intramolecular Hbond substituents is 1. The SMILES string of the molecule is Cc1c(C#N)c(NC(=O)C(C)(C)C)c(O)c(Br)c1/C=C/c1ccccc1. The molecule has 2 aromatic rings. The van der Waals surface area contributed by atoms with Crippen molar-refractivity contribution >= 4 is 39.7 Å². The van der Waals surface area contributed by atoms with Crippen molar-refractivity contribution in [3.05, 3.63) is 57.1 Å². The van der Waals surface area contributed by atoms with E-state index in [2.05, 4.69) is 27.3 Å². The Morgan fingerprint density at radius 3 is 2.38 bits per heavy atom. The number of carbonyl (C=O) groups excluding carboxylic acids is 1. The van der Waals surface area contributed by atoms with Crippen molar-refractivity contribution in [2.75, 3.05) is 5.32 Å². The van der Waals surface area contributed by atoms with Gasteiger partial charge in [-0.25, -0.2) is 0 Å². The second kappa shape index (κ2) is 7.76. The summed E-state index contributed by atoms with van der Waals surface area (Å²) in [4.78, 5) is 12.3. The highest BCUT2D eigenvalue weighted by molar-refractivity contribution is 9.10. The molecular weight excluding hydrogens is 392 g/mol. The van der Waals surface area contributed by atoms with Crippen LogP contribution < -0.4 is 5.32 Å². The van der Waals surface area contributed by atoms with Crippen molar-refractivity contribution in [3.63, 3.8) is 0 Å². The van der Waals surface area contributed by atoms with Gasteiger partial charge in [-0.1, -0.05) is 63.3 Å². The zero-order valence-corrected chi connectivity index (χ0v) is 16.8. The van der Waals surface area contributed by atoms with Gasteiger partial charge in [0.1, 0.15) is 11.8 Å². The van der Waals surface area contributed by atoms with E-state index in [1.165, 1.54) is 0 Å². The number of nitrogens with zero attached hydrogens (tertiary/aromatic N) is 1. The first kappa shape index (κ1) is 19.7. The van der Waals surface area contributed by atoms with Crippen molar-refractivity contribution < 1.29 is 9.90 Å². The second-order valence-electron chi connectivity index (χ2n) is 7.01. The Labute approximate surface area is 162 Å². The fraction of sp³-hybridized carbons (Fsp3) is 0.238. The van der Waals surface area contributed by atoms with E-state index in [9.17, 15) is 15.2 Å². The number of rotatable bonds is 3. The molecule has 0 atom stereocenters. The van der Waals surface area contributed by atoms with Crippen LogP contribution in [-0.4, -0.2) is 11.0 Å². The van der Waals surface area contributed by atoms with E-state index in [0.29, 0.717) is 15.6 Å². The number of phenols is 1. The number of halogens is 1. The summed E-state index contributed by atoms with van der Waals surface area (Å²) in [7, 11) is 0. The summed E-state index contributed by atoms with van der Waals surface area (Å²) < 4.78 is 0.436. The molecule has 4 nitrogen and oxygen atoms in total. The number of aromatic hydroxyl groups is 1. The molecule has 0 aliphatic heterocycles. The zero-order valence-electron chi connectivity index (χ0n) is 15.2. The number of benzene rings is 2. The predicted octanol–water partition coefficient (Wildman–Crippen LogP) is 5.49. The van der Waals surface area contributed by atoms with Crippen molar-refractivity contribution in [1.82, 2.24) is 0 Å². The Bertz CT molecular complexity index is 905. The van der Waals surface area contributed by atoms with Crippen molar-refractivity contribution in [3.8, 4) is 11.8 Å². The van der Waals surface area contributed by atoms with Gasteiger partial charge in [-0.3, -0.25) is 4.79 Å². The predicted molar refractivity (Wildman–Crippen MR) is 109 cm³/mol. The Morgan fingerprint density at radius 1 is 1.23 bits per heavy atom. The quantitative estimate of drug-likeness (QED) is 0.516. The smallest absolute Gasteiger partial charge is 0.229 e. The van der Waals surface area contributed by atoms with E-state index in [-0.39, 0.29) is 22.9 Å². The van der Waals surface area contributed by atoms with Gasteiger partial charge in [0.2, 0.25) is 5.91 Å². The summed E-state index contributed by atoms with van der Waals surface area (Å²) in [6.45, 7) is 7.10. The van der Waals surface area contributed by atoms with Gasteiger partial charge in [0, 0.05) is 5.41 Å². The Hall–Kier alpha value is -2.58. The summed E-state index contributed by atoms with van der Waals surface area (Å²) >= 11 is 3.40.